The monoisotopic (exact) mass is 412 g/mol. The van der Waals surface area contributed by atoms with E-state index in [1.54, 1.807) is 26.2 Å². The number of hydrogen-bond donors (Lipinski definition) is 2. The summed E-state index contributed by atoms with van der Waals surface area (Å²) in [5, 5.41) is 10.1. The number of ether oxygens (including phenoxy) is 1. The summed E-state index contributed by atoms with van der Waals surface area (Å²) in [4.78, 5) is 11.4. The van der Waals surface area contributed by atoms with Gasteiger partial charge in [-0.3, -0.25) is 4.79 Å². The van der Waals surface area contributed by atoms with Crippen molar-refractivity contribution in [3.63, 3.8) is 0 Å². The molecule has 0 spiro atoms. The Morgan fingerprint density at radius 1 is 1.22 bits per heavy atom. The van der Waals surface area contributed by atoms with Crippen LogP contribution >= 0.6 is 11.3 Å². The van der Waals surface area contributed by atoms with E-state index in [0.717, 1.165) is 16.9 Å². The van der Waals surface area contributed by atoms with Crippen LogP contribution in [0.1, 0.15) is 45.2 Å². The highest BCUT2D eigenvalue weighted by molar-refractivity contribution is 7.91. The Morgan fingerprint density at radius 2 is 1.89 bits per heavy atom. The third-order valence-electron chi connectivity index (χ3n) is 3.73. The number of benzene rings is 1. The highest BCUT2D eigenvalue weighted by Gasteiger charge is 2.26. The highest BCUT2D eigenvalue weighted by atomic mass is 32.2. The van der Waals surface area contributed by atoms with Gasteiger partial charge in [0.15, 0.2) is 0 Å². The number of aromatic nitrogens is 2. The maximum Gasteiger partial charge on any atom is 0.270 e. The van der Waals surface area contributed by atoms with Crippen LogP contribution in [0.25, 0.3) is 0 Å². The molecule has 0 saturated heterocycles. The van der Waals surface area contributed by atoms with Crippen LogP contribution in [0.15, 0.2) is 28.6 Å². The number of nitrogens with one attached hydrogen (secondary N) is 2. The number of carbonyl (C=O) groups is 1. The Morgan fingerprint density at radius 3 is 2.44 bits per heavy atom. The lowest BCUT2D eigenvalue weighted by Crippen LogP contribution is -2.29. The van der Waals surface area contributed by atoms with E-state index in [0.29, 0.717) is 12.2 Å². The minimum Gasteiger partial charge on any atom is -0.497 e. The number of amides is 1. The van der Waals surface area contributed by atoms with Gasteiger partial charge in [0.1, 0.15) is 5.75 Å². The lowest BCUT2D eigenvalue weighted by Gasteiger charge is -2.20. The van der Waals surface area contributed by atoms with Gasteiger partial charge in [0, 0.05) is 12.5 Å². The van der Waals surface area contributed by atoms with Crippen LogP contribution in [-0.4, -0.2) is 31.6 Å². The largest absolute Gasteiger partial charge is 0.497 e. The fourth-order valence-corrected chi connectivity index (χ4v) is 4.54. The molecule has 2 N–H and O–H groups in total. The molecular weight excluding hydrogens is 388 g/mol. The van der Waals surface area contributed by atoms with Gasteiger partial charge >= 0.3 is 0 Å². The number of anilines is 1. The Labute approximate surface area is 163 Å². The zero-order valence-electron chi connectivity index (χ0n) is 15.7. The number of carbonyl (C=O) groups excluding carboxylic acids is 1. The Balaban J connectivity index is 2.23. The molecule has 0 aliphatic carbocycles. The number of hydrogen-bond acceptors (Lipinski definition) is 7. The SMILES string of the molecule is CCC(=O)Nc1nnc(S(=O)(=O)N[C@@H](CC(C)C)c2ccc(OC)cc2)s1. The maximum absolute atomic E-state index is 12.7. The molecular formula is C17H24N4O4S2. The van der Waals surface area contributed by atoms with Gasteiger partial charge in [0.05, 0.1) is 7.11 Å². The number of nitrogens with zero attached hydrogens (tertiary/aromatic N) is 2. The first-order valence-corrected chi connectivity index (χ1v) is 10.8. The first-order chi connectivity index (χ1) is 12.7. The standard InChI is InChI=1S/C17H24N4O4S2/c1-5-15(22)18-16-19-20-17(26-16)27(23,24)21-14(10-11(2)3)12-6-8-13(25-4)9-7-12/h6-9,11,14,21H,5,10H2,1-4H3,(H,18,19,22)/t14-/m0/s1. The summed E-state index contributed by atoms with van der Waals surface area (Å²) in [6.07, 6.45) is 0.887. The van der Waals surface area contributed by atoms with Crippen molar-refractivity contribution in [2.24, 2.45) is 5.92 Å². The number of sulfonamides is 1. The highest BCUT2D eigenvalue weighted by Crippen LogP contribution is 2.27. The van der Waals surface area contributed by atoms with Crippen molar-refractivity contribution in [1.29, 1.82) is 0 Å². The minimum absolute atomic E-state index is 0.159. The van der Waals surface area contributed by atoms with Crippen LogP contribution in [-0.2, 0) is 14.8 Å². The van der Waals surface area contributed by atoms with Gasteiger partial charge in [-0.15, -0.1) is 10.2 Å². The van der Waals surface area contributed by atoms with E-state index in [-0.39, 0.29) is 27.7 Å². The van der Waals surface area contributed by atoms with E-state index in [1.807, 2.05) is 26.0 Å². The van der Waals surface area contributed by atoms with E-state index < -0.39 is 16.1 Å². The lowest BCUT2D eigenvalue weighted by atomic mass is 9.98. The molecule has 0 unspecified atom stereocenters. The molecule has 1 aromatic heterocycles. The molecule has 0 radical (unpaired) electrons. The van der Waals surface area contributed by atoms with E-state index in [1.165, 1.54) is 0 Å². The summed E-state index contributed by atoms with van der Waals surface area (Å²) in [6, 6.07) is 6.84. The third-order valence-corrected chi connectivity index (χ3v) is 6.40. The molecule has 2 rings (SSSR count). The predicted molar refractivity (Wildman–Crippen MR) is 104 cm³/mol. The molecule has 1 aromatic carbocycles. The summed E-state index contributed by atoms with van der Waals surface area (Å²) in [7, 11) is -2.30. The van der Waals surface area contributed by atoms with Crippen LogP contribution in [0.3, 0.4) is 0 Å². The molecule has 148 valence electrons. The summed E-state index contributed by atoms with van der Waals surface area (Å²) in [6.45, 7) is 5.74. The van der Waals surface area contributed by atoms with Crippen molar-refractivity contribution in [2.45, 2.75) is 44.0 Å². The van der Waals surface area contributed by atoms with Crippen molar-refractivity contribution in [3.05, 3.63) is 29.8 Å². The quantitative estimate of drug-likeness (QED) is 0.613. The van der Waals surface area contributed by atoms with E-state index >= 15 is 0 Å². The molecule has 1 atom stereocenters. The van der Waals surface area contributed by atoms with Gasteiger partial charge in [-0.25, -0.2) is 13.1 Å². The van der Waals surface area contributed by atoms with Gasteiger partial charge in [-0.2, -0.15) is 0 Å². The lowest BCUT2D eigenvalue weighted by molar-refractivity contribution is -0.115. The van der Waals surface area contributed by atoms with Crippen molar-refractivity contribution in [3.8, 4) is 5.75 Å². The fraction of sp³-hybridized carbons (Fsp3) is 0.471. The van der Waals surface area contributed by atoms with Crippen molar-refractivity contribution in [1.82, 2.24) is 14.9 Å². The topological polar surface area (TPSA) is 110 Å². The van der Waals surface area contributed by atoms with Gasteiger partial charge in [-0.1, -0.05) is 44.2 Å². The Bertz CT molecular complexity index is 863. The molecule has 10 heteroatoms. The van der Waals surface area contributed by atoms with E-state index in [2.05, 4.69) is 20.2 Å². The maximum atomic E-state index is 12.7. The van der Waals surface area contributed by atoms with Crippen LogP contribution in [0, 0.1) is 5.92 Å². The number of rotatable bonds is 9. The normalized spacial score (nSPS) is 12.8. The Kier molecular flexibility index (Phi) is 7.28. The second-order valence-electron chi connectivity index (χ2n) is 6.35. The molecule has 0 aliphatic rings. The summed E-state index contributed by atoms with van der Waals surface area (Å²) < 4.78 is 33.2. The molecule has 0 fully saturated rings. The molecule has 1 heterocycles. The minimum atomic E-state index is -3.88. The zero-order chi connectivity index (χ0) is 20.0. The first-order valence-electron chi connectivity index (χ1n) is 8.54. The second kappa shape index (κ2) is 9.25. The first kappa shape index (κ1) is 21.3. The average molecular weight is 413 g/mol. The Hall–Kier alpha value is -2.04. The van der Waals surface area contributed by atoms with Gasteiger partial charge < -0.3 is 10.1 Å². The molecule has 27 heavy (non-hydrogen) atoms. The molecule has 0 bridgehead atoms. The van der Waals surface area contributed by atoms with Gasteiger partial charge in [0.2, 0.25) is 15.4 Å². The smallest absolute Gasteiger partial charge is 0.270 e. The molecule has 0 aliphatic heterocycles. The van der Waals surface area contributed by atoms with Crippen molar-refractivity contribution in [2.75, 3.05) is 12.4 Å². The summed E-state index contributed by atoms with van der Waals surface area (Å²) in [5.74, 6) is 0.720. The van der Waals surface area contributed by atoms with Gasteiger partial charge in [0.25, 0.3) is 10.0 Å². The predicted octanol–water partition coefficient (Wildman–Crippen LogP) is 2.96. The third kappa shape index (κ3) is 5.98. The summed E-state index contributed by atoms with van der Waals surface area (Å²) in [5.41, 5.74) is 0.831. The molecule has 0 saturated carbocycles. The van der Waals surface area contributed by atoms with Crippen LogP contribution in [0.5, 0.6) is 5.75 Å². The second-order valence-corrected chi connectivity index (χ2v) is 9.22. The van der Waals surface area contributed by atoms with Crippen LogP contribution < -0.4 is 14.8 Å². The average Bonchev–Trinajstić information content (AvgIpc) is 3.10. The molecule has 8 nitrogen and oxygen atoms in total. The van der Waals surface area contributed by atoms with Crippen molar-refractivity contribution < 1.29 is 17.9 Å². The number of methoxy groups -OCH3 is 1. The van der Waals surface area contributed by atoms with Crippen LogP contribution in [0.4, 0.5) is 5.13 Å². The van der Waals surface area contributed by atoms with E-state index in [9.17, 15) is 13.2 Å². The fourth-order valence-electron chi connectivity index (χ4n) is 2.37. The van der Waals surface area contributed by atoms with Gasteiger partial charge in [-0.05, 0) is 30.0 Å². The van der Waals surface area contributed by atoms with Crippen molar-refractivity contribution >= 4 is 32.4 Å². The molecule has 1 amide bonds. The van der Waals surface area contributed by atoms with E-state index in [4.69, 9.17) is 4.74 Å². The summed E-state index contributed by atoms with van der Waals surface area (Å²) >= 11 is 0.821. The zero-order valence-corrected chi connectivity index (χ0v) is 17.4. The molecule has 2 aromatic rings. The van der Waals surface area contributed by atoms with Crippen LogP contribution in [0.2, 0.25) is 0 Å².